The maximum Gasteiger partial charge on any atom is 0.145 e. The van der Waals surface area contributed by atoms with Crippen molar-refractivity contribution < 1.29 is 9.13 Å². The average Bonchev–Trinajstić information content (AvgIpc) is 2.19. The molecule has 0 radical (unpaired) electrons. The summed E-state index contributed by atoms with van der Waals surface area (Å²) in [7, 11) is 0. The predicted molar refractivity (Wildman–Crippen MR) is 59.9 cm³/mol. The number of hydrogen-bond acceptors (Lipinski definition) is 2. The van der Waals surface area contributed by atoms with Crippen molar-refractivity contribution in [2.24, 2.45) is 0 Å². The predicted octanol–water partition coefficient (Wildman–Crippen LogP) is 3.34. The average molecular weight is 233 g/mol. The number of hydrogen-bond donors (Lipinski definition) is 1. The van der Waals surface area contributed by atoms with Crippen LogP contribution < -0.4 is 4.74 Å². The summed E-state index contributed by atoms with van der Waals surface area (Å²) in [6.45, 7) is 4.04. The maximum atomic E-state index is 12.9. The van der Waals surface area contributed by atoms with E-state index in [1.807, 2.05) is 0 Å². The Morgan fingerprint density at radius 2 is 2.29 bits per heavy atom. The minimum atomic E-state index is -0.486. The van der Waals surface area contributed by atoms with Crippen LogP contribution in [0.5, 0.6) is 5.75 Å². The quantitative estimate of drug-likeness (QED) is 0.619. The molecule has 0 aliphatic carbocycles. The molecule has 1 nitrogen and oxygen atoms in total. The van der Waals surface area contributed by atoms with Gasteiger partial charge in [0.15, 0.2) is 0 Å². The van der Waals surface area contributed by atoms with Gasteiger partial charge in [-0.1, -0.05) is 18.2 Å². The first-order chi connectivity index (χ1) is 6.63. The van der Waals surface area contributed by atoms with Crippen LogP contribution in [-0.4, -0.2) is 12.4 Å². The summed E-state index contributed by atoms with van der Waals surface area (Å²) in [5, 5.41) is 0.0883. The van der Waals surface area contributed by atoms with Crippen LogP contribution in [0.3, 0.4) is 0 Å². The molecule has 0 saturated carbocycles. The number of rotatable bonds is 4. The number of benzene rings is 1. The van der Waals surface area contributed by atoms with Crippen molar-refractivity contribution in [3.05, 3.63) is 41.2 Å². The molecule has 0 bridgehead atoms. The summed E-state index contributed by atoms with van der Waals surface area (Å²) in [4.78, 5) is 0. The second-order valence-corrected chi connectivity index (χ2v) is 3.50. The zero-order valence-electron chi connectivity index (χ0n) is 7.46. The molecule has 76 valence electrons. The summed E-state index contributed by atoms with van der Waals surface area (Å²) >= 11 is 9.53. The minimum absolute atomic E-state index is 0.0883. The van der Waals surface area contributed by atoms with E-state index in [1.165, 1.54) is 12.1 Å². The van der Waals surface area contributed by atoms with E-state index < -0.39 is 5.82 Å². The van der Waals surface area contributed by atoms with Gasteiger partial charge in [0.05, 0.1) is 5.02 Å². The fourth-order valence-corrected chi connectivity index (χ4v) is 1.01. The van der Waals surface area contributed by atoms with E-state index in [0.717, 1.165) is 5.57 Å². The Bertz CT molecular complexity index is 341. The second kappa shape index (κ2) is 5.27. The number of thiol groups is 1. The smallest absolute Gasteiger partial charge is 0.145 e. The van der Waals surface area contributed by atoms with Crippen molar-refractivity contribution in [1.29, 1.82) is 0 Å². The lowest BCUT2D eigenvalue weighted by atomic mass is 10.3. The van der Waals surface area contributed by atoms with Gasteiger partial charge in [-0.3, -0.25) is 0 Å². The van der Waals surface area contributed by atoms with Crippen LogP contribution in [0, 0.1) is 5.82 Å². The Morgan fingerprint density at radius 3 is 2.86 bits per heavy atom. The molecular weight excluding hydrogens is 223 g/mol. The summed E-state index contributed by atoms with van der Waals surface area (Å²) in [6, 6.07) is 4.31. The van der Waals surface area contributed by atoms with Gasteiger partial charge in [-0.15, -0.1) is 0 Å². The van der Waals surface area contributed by atoms with Crippen LogP contribution >= 0.6 is 24.2 Å². The van der Waals surface area contributed by atoms with Crippen molar-refractivity contribution in [3.8, 4) is 5.75 Å². The molecule has 14 heavy (non-hydrogen) atoms. The lowest BCUT2D eigenvalue weighted by Gasteiger charge is -2.06. The molecule has 0 saturated heterocycles. The van der Waals surface area contributed by atoms with Crippen LogP contribution in [0.15, 0.2) is 30.4 Å². The van der Waals surface area contributed by atoms with Gasteiger partial charge in [-0.2, -0.15) is 12.6 Å². The third-order valence-corrected chi connectivity index (χ3v) is 2.31. The molecule has 0 heterocycles. The molecule has 1 rings (SSSR count). The van der Waals surface area contributed by atoms with Crippen LogP contribution in [0.25, 0.3) is 0 Å². The van der Waals surface area contributed by atoms with Gasteiger partial charge in [0.2, 0.25) is 0 Å². The number of ether oxygens (including phenoxy) is 1. The highest BCUT2D eigenvalue weighted by molar-refractivity contribution is 7.80. The topological polar surface area (TPSA) is 9.23 Å². The van der Waals surface area contributed by atoms with Gasteiger partial charge in [-0.05, 0) is 17.7 Å². The highest BCUT2D eigenvalue weighted by atomic mass is 35.5. The van der Waals surface area contributed by atoms with Gasteiger partial charge in [0.25, 0.3) is 0 Å². The SMILES string of the molecule is C=C(CS)COc1ccc(Cl)c(F)c1. The molecular formula is C10H10ClFOS. The van der Waals surface area contributed by atoms with Crippen LogP contribution in [0.1, 0.15) is 0 Å². The molecule has 0 spiro atoms. The fourth-order valence-electron chi connectivity index (χ4n) is 0.798. The van der Waals surface area contributed by atoms with Crippen LogP contribution in [0.2, 0.25) is 5.02 Å². The van der Waals surface area contributed by atoms with E-state index in [1.54, 1.807) is 6.07 Å². The van der Waals surface area contributed by atoms with Crippen molar-refractivity contribution in [2.75, 3.05) is 12.4 Å². The van der Waals surface area contributed by atoms with Gasteiger partial charge >= 0.3 is 0 Å². The van der Waals surface area contributed by atoms with Crippen molar-refractivity contribution in [2.45, 2.75) is 0 Å². The summed E-state index contributed by atoms with van der Waals surface area (Å²) in [6.07, 6.45) is 0. The van der Waals surface area contributed by atoms with Gasteiger partial charge in [0.1, 0.15) is 18.2 Å². The first kappa shape index (κ1) is 11.4. The van der Waals surface area contributed by atoms with E-state index in [-0.39, 0.29) is 5.02 Å². The van der Waals surface area contributed by atoms with Gasteiger partial charge in [0, 0.05) is 11.8 Å². The zero-order chi connectivity index (χ0) is 10.6. The van der Waals surface area contributed by atoms with E-state index in [9.17, 15) is 4.39 Å². The molecule has 0 unspecified atom stereocenters. The third-order valence-electron chi connectivity index (χ3n) is 1.56. The first-order valence-electron chi connectivity index (χ1n) is 3.99. The molecule has 0 N–H and O–H groups in total. The molecule has 0 aliphatic heterocycles. The highest BCUT2D eigenvalue weighted by Gasteiger charge is 2.01. The first-order valence-corrected chi connectivity index (χ1v) is 5.00. The molecule has 1 aromatic rings. The minimum Gasteiger partial charge on any atom is -0.489 e. The van der Waals surface area contributed by atoms with Crippen LogP contribution in [0.4, 0.5) is 4.39 Å². The Kier molecular flexibility index (Phi) is 4.29. The van der Waals surface area contributed by atoms with Crippen molar-refractivity contribution in [1.82, 2.24) is 0 Å². The van der Waals surface area contributed by atoms with Gasteiger partial charge < -0.3 is 4.74 Å². The molecule has 0 fully saturated rings. The molecule has 0 aromatic heterocycles. The highest BCUT2D eigenvalue weighted by Crippen LogP contribution is 2.20. The van der Waals surface area contributed by atoms with Crippen molar-refractivity contribution >= 4 is 24.2 Å². The normalized spacial score (nSPS) is 9.93. The molecule has 0 aliphatic rings. The number of halogens is 2. The molecule has 0 amide bonds. The van der Waals surface area contributed by atoms with Gasteiger partial charge in [-0.25, -0.2) is 4.39 Å². The Hall–Kier alpha value is -0.670. The molecule has 0 atom stereocenters. The summed E-state index contributed by atoms with van der Waals surface area (Å²) in [5.74, 6) is 0.506. The monoisotopic (exact) mass is 232 g/mol. The maximum absolute atomic E-state index is 12.9. The largest absolute Gasteiger partial charge is 0.489 e. The second-order valence-electron chi connectivity index (χ2n) is 2.77. The summed E-state index contributed by atoms with van der Waals surface area (Å²) in [5.41, 5.74) is 0.837. The fraction of sp³-hybridized carbons (Fsp3) is 0.200. The lowest BCUT2D eigenvalue weighted by Crippen LogP contribution is -2.01. The third kappa shape index (κ3) is 3.24. The lowest BCUT2D eigenvalue weighted by molar-refractivity contribution is 0.351. The van der Waals surface area contributed by atoms with E-state index in [4.69, 9.17) is 16.3 Å². The summed E-state index contributed by atoms with van der Waals surface area (Å²) < 4.78 is 18.2. The van der Waals surface area contributed by atoms with E-state index in [0.29, 0.717) is 18.1 Å². The Balaban J connectivity index is 2.60. The molecule has 4 heteroatoms. The standard InChI is InChI=1S/C10H10ClFOS/c1-7(6-14)5-13-8-2-3-9(11)10(12)4-8/h2-4,14H,1,5-6H2. The van der Waals surface area contributed by atoms with Crippen molar-refractivity contribution in [3.63, 3.8) is 0 Å². The van der Waals surface area contributed by atoms with E-state index >= 15 is 0 Å². The van der Waals surface area contributed by atoms with E-state index in [2.05, 4.69) is 19.2 Å². The Labute approximate surface area is 92.9 Å². The van der Waals surface area contributed by atoms with Crippen LogP contribution in [-0.2, 0) is 0 Å². The Morgan fingerprint density at radius 1 is 1.57 bits per heavy atom. The molecule has 1 aromatic carbocycles. The zero-order valence-corrected chi connectivity index (χ0v) is 9.12.